The molecule has 1 heterocycles. The van der Waals surface area contributed by atoms with E-state index in [1.165, 1.54) is 19.3 Å². The van der Waals surface area contributed by atoms with Crippen LogP contribution in [0.15, 0.2) is 47.1 Å². The Morgan fingerprint density at radius 1 is 1.03 bits per heavy atom. The van der Waals surface area contributed by atoms with Crippen LogP contribution < -0.4 is 14.8 Å². The van der Waals surface area contributed by atoms with Crippen LogP contribution >= 0.6 is 0 Å². The van der Waals surface area contributed by atoms with Gasteiger partial charge in [-0.15, -0.1) is 0 Å². The van der Waals surface area contributed by atoms with Gasteiger partial charge in [0.2, 0.25) is 5.82 Å². The first-order valence-corrected chi connectivity index (χ1v) is 10.1. The van der Waals surface area contributed by atoms with Crippen molar-refractivity contribution in [1.82, 2.24) is 10.3 Å². The summed E-state index contributed by atoms with van der Waals surface area (Å²) in [4.78, 5) is 12.6. The Morgan fingerprint density at radius 2 is 1.80 bits per heavy atom. The quantitative estimate of drug-likeness (QED) is 0.459. The minimum atomic E-state index is -0.299. The van der Waals surface area contributed by atoms with Gasteiger partial charge >= 0.3 is 0 Å². The van der Waals surface area contributed by atoms with Gasteiger partial charge in [-0.05, 0) is 71.7 Å². The molecule has 0 spiro atoms. The molecular weight excluding hydrogens is 382 g/mol. The molecule has 0 saturated carbocycles. The Labute approximate surface area is 176 Å². The summed E-state index contributed by atoms with van der Waals surface area (Å²) in [6.07, 6.45) is 4.61. The number of ether oxygens (including phenoxy) is 2. The van der Waals surface area contributed by atoms with Gasteiger partial charge in [0.25, 0.3) is 5.91 Å². The van der Waals surface area contributed by atoms with Crippen LogP contribution in [0.1, 0.15) is 48.5 Å². The Hall–Kier alpha value is -3.35. The number of rotatable bonds is 10. The Morgan fingerprint density at radius 3 is 2.50 bits per heavy atom. The SMILES string of the molecule is CCCCCCOc1ccc(C(=O)Nc2nonc2-c2ccc(OC)cc2C)cc1. The molecule has 0 radical (unpaired) electrons. The molecule has 30 heavy (non-hydrogen) atoms. The average Bonchev–Trinajstić information content (AvgIpc) is 3.21. The summed E-state index contributed by atoms with van der Waals surface area (Å²) < 4.78 is 15.8. The molecule has 1 aromatic heterocycles. The maximum absolute atomic E-state index is 12.6. The Balaban J connectivity index is 1.64. The number of amides is 1. The second-order valence-corrected chi connectivity index (χ2v) is 7.03. The standard InChI is InChI=1S/C23H27N3O4/c1-4-5-6-7-14-29-18-10-8-17(9-11-18)23(27)24-22-21(25-30-26-22)20-13-12-19(28-3)15-16(20)2/h8-13,15H,4-7,14H2,1-3H3,(H,24,26,27). The van der Waals surface area contributed by atoms with Gasteiger partial charge in [0, 0.05) is 11.1 Å². The number of hydrogen-bond acceptors (Lipinski definition) is 6. The molecule has 0 bridgehead atoms. The first-order valence-electron chi connectivity index (χ1n) is 10.1. The van der Waals surface area contributed by atoms with E-state index in [1.807, 2.05) is 25.1 Å². The second-order valence-electron chi connectivity index (χ2n) is 7.03. The van der Waals surface area contributed by atoms with Crippen molar-refractivity contribution in [2.45, 2.75) is 39.5 Å². The highest BCUT2D eigenvalue weighted by Gasteiger charge is 2.18. The minimum Gasteiger partial charge on any atom is -0.497 e. The summed E-state index contributed by atoms with van der Waals surface area (Å²) in [5.74, 6) is 1.46. The predicted molar refractivity (Wildman–Crippen MR) is 115 cm³/mol. The zero-order valence-corrected chi connectivity index (χ0v) is 17.6. The third kappa shape index (κ3) is 5.37. The van der Waals surface area contributed by atoms with E-state index in [9.17, 15) is 4.79 Å². The van der Waals surface area contributed by atoms with E-state index in [4.69, 9.17) is 14.1 Å². The summed E-state index contributed by atoms with van der Waals surface area (Å²) >= 11 is 0. The largest absolute Gasteiger partial charge is 0.497 e. The average molecular weight is 409 g/mol. The monoisotopic (exact) mass is 409 g/mol. The molecule has 0 aliphatic rings. The highest BCUT2D eigenvalue weighted by Crippen LogP contribution is 2.30. The van der Waals surface area contributed by atoms with E-state index >= 15 is 0 Å². The van der Waals surface area contributed by atoms with Crippen LogP contribution in [0.2, 0.25) is 0 Å². The summed E-state index contributed by atoms with van der Waals surface area (Å²) in [6, 6.07) is 12.6. The zero-order valence-electron chi connectivity index (χ0n) is 17.6. The third-order valence-electron chi connectivity index (χ3n) is 4.79. The molecule has 7 heteroatoms. The first kappa shape index (κ1) is 21.4. The molecular formula is C23H27N3O4. The maximum atomic E-state index is 12.6. The number of carbonyl (C=O) groups excluding carboxylic acids is 1. The van der Waals surface area contributed by atoms with E-state index in [0.717, 1.165) is 29.0 Å². The van der Waals surface area contributed by atoms with Crippen LogP contribution in [0.5, 0.6) is 11.5 Å². The van der Waals surface area contributed by atoms with Crippen molar-refractivity contribution in [2.24, 2.45) is 0 Å². The summed E-state index contributed by atoms with van der Waals surface area (Å²) in [6.45, 7) is 4.79. The molecule has 2 aromatic carbocycles. The molecule has 1 amide bonds. The molecule has 3 aromatic rings. The predicted octanol–water partition coefficient (Wildman–Crippen LogP) is 5.27. The molecule has 3 rings (SSSR count). The normalized spacial score (nSPS) is 10.6. The van der Waals surface area contributed by atoms with Crippen LogP contribution in [0.25, 0.3) is 11.3 Å². The number of nitrogens with one attached hydrogen (secondary N) is 1. The van der Waals surface area contributed by atoms with Crippen LogP contribution in [0.3, 0.4) is 0 Å². The van der Waals surface area contributed by atoms with Gasteiger partial charge in [0.1, 0.15) is 11.5 Å². The Bertz CT molecular complexity index is 967. The van der Waals surface area contributed by atoms with Gasteiger partial charge < -0.3 is 14.8 Å². The van der Waals surface area contributed by atoms with Gasteiger partial charge in [0.15, 0.2) is 5.69 Å². The fraction of sp³-hybridized carbons (Fsp3) is 0.348. The topological polar surface area (TPSA) is 86.5 Å². The highest BCUT2D eigenvalue weighted by atomic mass is 16.6. The lowest BCUT2D eigenvalue weighted by Crippen LogP contribution is -2.13. The number of aryl methyl sites for hydroxylation is 1. The molecule has 0 atom stereocenters. The number of methoxy groups -OCH3 is 1. The highest BCUT2D eigenvalue weighted by molar-refractivity contribution is 6.05. The molecule has 0 saturated heterocycles. The van der Waals surface area contributed by atoms with E-state index in [0.29, 0.717) is 17.9 Å². The molecule has 0 unspecified atom stereocenters. The number of nitrogens with zero attached hydrogens (tertiary/aromatic N) is 2. The van der Waals surface area contributed by atoms with Gasteiger partial charge in [-0.3, -0.25) is 4.79 Å². The van der Waals surface area contributed by atoms with Gasteiger partial charge in [-0.1, -0.05) is 26.2 Å². The summed E-state index contributed by atoms with van der Waals surface area (Å²) in [7, 11) is 1.61. The third-order valence-corrected chi connectivity index (χ3v) is 4.79. The number of anilines is 1. The van der Waals surface area contributed by atoms with Crippen molar-refractivity contribution < 1.29 is 18.9 Å². The smallest absolute Gasteiger partial charge is 0.256 e. The molecule has 7 nitrogen and oxygen atoms in total. The number of unbranched alkanes of at least 4 members (excludes halogenated alkanes) is 3. The van der Waals surface area contributed by atoms with E-state index in [-0.39, 0.29) is 11.7 Å². The lowest BCUT2D eigenvalue weighted by atomic mass is 10.1. The molecule has 0 aliphatic carbocycles. The number of benzene rings is 2. The number of carbonyl (C=O) groups is 1. The van der Waals surface area contributed by atoms with Crippen molar-refractivity contribution in [1.29, 1.82) is 0 Å². The molecule has 158 valence electrons. The van der Waals surface area contributed by atoms with Gasteiger partial charge in [-0.2, -0.15) is 0 Å². The van der Waals surface area contributed by atoms with Gasteiger partial charge in [-0.25, -0.2) is 4.63 Å². The van der Waals surface area contributed by atoms with Crippen molar-refractivity contribution in [2.75, 3.05) is 19.0 Å². The first-order chi connectivity index (χ1) is 14.6. The molecule has 0 aliphatic heterocycles. The lowest BCUT2D eigenvalue weighted by Gasteiger charge is -2.08. The molecule has 0 fully saturated rings. The second kappa shape index (κ2) is 10.4. The maximum Gasteiger partial charge on any atom is 0.256 e. The molecule has 1 N–H and O–H groups in total. The zero-order chi connectivity index (χ0) is 21.3. The summed E-state index contributed by atoms with van der Waals surface area (Å²) in [5, 5.41) is 10.6. The fourth-order valence-corrected chi connectivity index (χ4v) is 3.08. The van der Waals surface area contributed by atoms with Crippen molar-refractivity contribution in [3.8, 4) is 22.8 Å². The van der Waals surface area contributed by atoms with E-state index in [2.05, 4.69) is 22.6 Å². The fourth-order valence-electron chi connectivity index (χ4n) is 3.08. The van der Waals surface area contributed by atoms with Crippen LogP contribution in [-0.2, 0) is 0 Å². The van der Waals surface area contributed by atoms with Crippen LogP contribution in [0.4, 0.5) is 5.82 Å². The van der Waals surface area contributed by atoms with E-state index in [1.54, 1.807) is 31.4 Å². The van der Waals surface area contributed by atoms with E-state index < -0.39 is 0 Å². The van der Waals surface area contributed by atoms with Crippen molar-refractivity contribution >= 4 is 11.7 Å². The number of hydrogen-bond donors (Lipinski definition) is 1. The van der Waals surface area contributed by atoms with Crippen LogP contribution in [0, 0.1) is 6.92 Å². The summed E-state index contributed by atoms with van der Waals surface area (Å²) in [5.41, 5.74) is 2.70. The Kier molecular flexibility index (Phi) is 7.43. The minimum absolute atomic E-state index is 0.268. The van der Waals surface area contributed by atoms with Crippen LogP contribution in [-0.4, -0.2) is 29.9 Å². The van der Waals surface area contributed by atoms with Gasteiger partial charge in [0.05, 0.1) is 13.7 Å². The van der Waals surface area contributed by atoms with Crippen molar-refractivity contribution in [3.63, 3.8) is 0 Å². The number of aromatic nitrogens is 2. The lowest BCUT2D eigenvalue weighted by molar-refractivity contribution is 0.102. The van der Waals surface area contributed by atoms with Crippen molar-refractivity contribution in [3.05, 3.63) is 53.6 Å².